The van der Waals surface area contributed by atoms with Crippen LogP contribution in [0.3, 0.4) is 0 Å². The van der Waals surface area contributed by atoms with Crippen LogP contribution in [0.1, 0.15) is 33.3 Å². The average Bonchev–Trinajstić information content (AvgIpc) is 2.36. The molecule has 120 valence electrons. The minimum Gasteiger partial charge on any atom is -0.492 e. The van der Waals surface area contributed by atoms with Crippen LogP contribution in [0.4, 0.5) is 0 Å². The Balaban J connectivity index is 2.76. The number of ether oxygens (including phenoxy) is 1. The lowest BCUT2D eigenvalue weighted by Crippen LogP contribution is -2.35. The number of rotatable bonds is 7. The van der Waals surface area contributed by atoms with Crippen LogP contribution in [-0.2, 0) is 16.4 Å². The second-order valence-electron chi connectivity index (χ2n) is 5.90. The van der Waals surface area contributed by atoms with E-state index in [1.807, 2.05) is 6.07 Å². The monoisotopic (exact) mass is 333 g/mol. The maximum absolute atomic E-state index is 11.5. The maximum Gasteiger partial charge on any atom is 0.153 e. The topological polar surface area (TPSA) is 55.4 Å². The van der Waals surface area contributed by atoms with E-state index in [4.69, 9.17) is 16.3 Å². The van der Waals surface area contributed by atoms with Gasteiger partial charge in [-0.3, -0.25) is 0 Å². The Bertz CT molecular complexity index is 565. The highest BCUT2D eigenvalue weighted by Gasteiger charge is 2.14. The Morgan fingerprint density at radius 3 is 2.52 bits per heavy atom. The van der Waals surface area contributed by atoms with Crippen LogP contribution in [0.5, 0.6) is 5.75 Å². The zero-order chi connectivity index (χ0) is 16.1. The molecule has 0 amide bonds. The van der Waals surface area contributed by atoms with Gasteiger partial charge in [-0.25, -0.2) is 8.42 Å². The molecular formula is C15H24ClNO3S. The molecule has 1 aromatic carbocycles. The summed E-state index contributed by atoms with van der Waals surface area (Å²) in [6.45, 7) is 8.54. The maximum atomic E-state index is 11.5. The van der Waals surface area contributed by atoms with E-state index in [2.05, 4.69) is 26.1 Å². The van der Waals surface area contributed by atoms with Gasteiger partial charge in [-0.1, -0.05) is 24.6 Å². The molecule has 0 bridgehead atoms. The van der Waals surface area contributed by atoms with Gasteiger partial charge in [-0.05, 0) is 32.9 Å². The summed E-state index contributed by atoms with van der Waals surface area (Å²) in [6.07, 6.45) is 0. The number of hydrogen-bond donors (Lipinski definition) is 1. The van der Waals surface area contributed by atoms with Crippen LogP contribution in [0, 0.1) is 0 Å². The highest BCUT2D eigenvalue weighted by molar-refractivity contribution is 7.91. The molecule has 0 aliphatic heterocycles. The first-order valence-electron chi connectivity index (χ1n) is 7.00. The molecule has 0 unspecified atom stereocenters. The smallest absolute Gasteiger partial charge is 0.153 e. The zero-order valence-corrected chi connectivity index (χ0v) is 14.6. The van der Waals surface area contributed by atoms with Gasteiger partial charge in [-0.2, -0.15) is 0 Å². The summed E-state index contributed by atoms with van der Waals surface area (Å²) in [4.78, 5) is 0. The summed E-state index contributed by atoms with van der Waals surface area (Å²) in [7, 11) is -3.02. The first-order valence-corrected chi connectivity index (χ1v) is 9.20. The number of hydrogen-bond acceptors (Lipinski definition) is 4. The third-order valence-corrected chi connectivity index (χ3v) is 4.99. The fraction of sp³-hybridized carbons (Fsp3) is 0.600. The highest BCUT2D eigenvalue weighted by Crippen LogP contribution is 2.27. The molecule has 0 aliphatic rings. The summed E-state index contributed by atoms with van der Waals surface area (Å²) in [5.41, 5.74) is 0.810. The van der Waals surface area contributed by atoms with Crippen molar-refractivity contribution in [3.8, 4) is 5.75 Å². The van der Waals surface area contributed by atoms with Gasteiger partial charge in [0.05, 0.1) is 5.75 Å². The van der Waals surface area contributed by atoms with Gasteiger partial charge in [0.15, 0.2) is 9.84 Å². The van der Waals surface area contributed by atoms with Crippen LogP contribution in [0.15, 0.2) is 18.2 Å². The van der Waals surface area contributed by atoms with E-state index in [-0.39, 0.29) is 23.7 Å². The summed E-state index contributed by atoms with van der Waals surface area (Å²) in [5, 5.41) is 3.97. The third-order valence-electron chi connectivity index (χ3n) is 2.96. The van der Waals surface area contributed by atoms with Crippen LogP contribution < -0.4 is 10.1 Å². The lowest BCUT2D eigenvalue weighted by molar-refractivity contribution is 0.333. The lowest BCUT2D eigenvalue weighted by Gasteiger charge is -2.22. The van der Waals surface area contributed by atoms with E-state index in [9.17, 15) is 8.42 Å². The Kier molecular flexibility index (Phi) is 6.50. The second kappa shape index (κ2) is 7.47. The molecule has 0 atom stereocenters. The van der Waals surface area contributed by atoms with E-state index in [1.165, 1.54) is 0 Å². The molecule has 1 rings (SSSR count). The number of halogens is 1. The van der Waals surface area contributed by atoms with Gasteiger partial charge in [0.25, 0.3) is 0 Å². The Hall–Kier alpha value is -0.780. The summed E-state index contributed by atoms with van der Waals surface area (Å²) in [5.74, 6) is 0.775. The van der Waals surface area contributed by atoms with Crippen molar-refractivity contribution >= 4 is 21.4 Å². The second-order valence-corrected chi connectivity index (χ2v) is 8.78. The predicted molar refractivity (Wildman–Crippen MR) is 87.9 cm³/mol. The van der Waals surface area contributed by atoms with Crippen molar-refractivity contribution < 1.29 is 13.2 Å². The largest absolute Gasteiger partial charge is 0.492 e. The minimum absolute atomic E-state index is 0.0160. The van der Waals surface area contributed by atoms with E-state index < -0.39 is 9.84 Å². The van der Waals surface area contributed by atoms with Crippen LogP contribution in [0.2, 0.25) is 5.02 Å². The van der Waals surface area contributed by atoms with E-state index >= 15 is 0 Å². The van der Waals surface area contributed by atoms with Crippen molar-refractivity contribution in [1.29, 1.82) is 0 Å². The van der Waals surface area contributed by atoms with Crippen molar-refractivity contribution in [2.75, 3.05) is 18.1 Å². The molecule has 0 aliphatic carbocycles. The van der Waals surface area contributed by atoms with Gasteiger partial charge in [0, 0.05) is 28.4 Å². The molecule has 0 saturated heterocycles. The SMILES string of the molecule is CCS(=O)(=O)CCOc1cccc(Cl)c1CNC(C)(C)C. The predicted octanol–water partition coefficient (Wildman–Crippen LogP) is 3.04. The molecule has 21 heavy (non-hydrogen) atoms. The standard InChI is InChI=1S/C15H24ClNO3S/c1-5-21(18,19)10-9-20-14-8-6-7-13(16)12(14)11-17-15(2,3)4/h6-8,17H,5,9-11H2,1-4H3. The molecular weight excluding hydrogens is 310 g/mol. The Morgan fingerprint density at radius 1 is 1.29 bits per heavy atom. The number of nitrogens with one attached hydrogen (secondary N) is 1. The molecule has 0 radical (unpaired) electrons. The average molecular weight is 334 g/mol. The molecule has 0 aromatic heterocycles. The minimum atomic E-state index is -3.02. The van der Waals surface area contributed by atoms with E-state index in [0.717, 1.165) is 5.56 Å². The van der Waals surface area contributed by atoms with Crippen LogP contribution in [0.25, 0.3) is 0 Å². The van der Waals surface area contributed by atoms with Gasteiger partial charge < -0.3 is 10.1 Å². The molecule has 1 N–H and O–H groups in total. The highest BCUT2D eigenvalue weighted by atomic mass is 35.5. The van der Waals surface area contributed by atoms with E-state index in [1.54, 1.807) is 19.1 Å². The fourth-order valence-electron chi connectivity index (χ4n) is 1.62. The Morgan fingerprint density at radius 2 is 1.95 bits per heavy atom. The van der Waals surface area contributed by atoms with Gasteiger partial charge in [0.2, 0.25) is 0 Å². The van der Waals surface area contributed by atoms with Crippen LogP contribution >= 0.6 is 11.6 Å². The summed E-state index contributed by atoms with van der Waals surface area (Å²) >= 11 is 6.22. The molecule has 1 aromatic rings. The molecule has 0 fully saturated rings. The first-order chi connectivity index (χ1) is 9.64. The first kappa shape index (κ1) is 18.3. The molecule has 0 heterocycles. The zero-order valence-electron chi connectivity index (χ0n) is 13.1. The number of benzene rings is 1. The molecule has 0 saturated carbocycles. The normalized spacial score (nSPS) is 12.4. The number of sulfone groups is 1. The van der Waals surface area contributed by atoms with Crippen molar-refractivity contribution in [3.05, 3.63) is 28.8 Å². The van der Waals surface area contributed by atoms with Crippen molar-refractivity contribution in [1.82, 2.24) is 5.32 Å². The van der Waals surface area contributed by atoms with Gasteiger partial charge >= 0.3 is 0 Å². The third kappa shape index (κ3) is 6.68. The van der Waals surface area contributed by atoms with Gasteiger partial charge in [0.1, 0.15) is 12.4 Å². The fourth-order valence-corrected chi connectivity index (χ4v) is 2.48. The molecule has 4 nitrogen and oxygen atoms in total. The Labute approximate surface area is 132 Å². The van der Waals surface area contributed by atoms with E-state index in [0.29, 0.717) is 17.3 Å². The van der Waals surface area contributed by atoms with Crippen LogP contribution in [-0.4, -0.2) is 32.1 Å². The van der Waals surface area contributed by atoms with Crippen molar-refractivity contribution in [3.63, 3.8) is 0 Å². The lowest BCUT2D eigenvalue weighted by atomic mass is 10.1. The van der Waals surface area contributed by atoms with Crippen molar-refractivity contribution in [2.24, 2.45) is 0 Å². The quantitative estimate of drug-likeness (QED) is 0.833. The molecule has 0 spiro atoms. The van der Waals surface area contributed by atoms with Crippen molar-refractivity contribution in [2.45, 2.75) is 39.8 Å². The summed E-state index contributed by atoms with van der Waals surface area (Å²) in [6, 6.07) is 5.41. The summed E-state index contributed by atoms with van der Waals surface area (Å²) < 4.78 is 28.6. The van der Waals surface area contributed by atoms with Gasteiger partial charge in [-0.15, -0.1) is 0 Å². The molecule has 6 heteroatoms.